The molecule has 69 heavy (non-hydrogen) atoms. The highest BCUT2D eigenvalue weighted by atomic mass is 35.5. The van der Waals surface area contributed by atoms with Crippen molar-refractivity contribution in [1.82, 2.24) is 79.2 Å². The standard InChI is InChI=1S/C20H19N5O.C15H17NO.C5H3ClN4.C5H4N4O.C2H4N4/c1-2-8-17-15(5-1)6-3-9-18(17)26-13-16-7-4-12-24(16)19-10-11-21-20-22-14-23-25(19)20;1-2-8-14-12(5-1)6-3-9-15(14)17-11-13-7-4-10-16-13;6-4-1-2-7-5-8-3-9-10(4)5;10-4-1-2-6-5-7-3-8-9(4)5;3-2-4-1-5-6-2/h1-3,5-6,8-11,14,16H,4,7,12-13H2;1-3,5-6,8-9,13,16H,4,7,10-11H2;1-3H;1-3H,(H,6,7,8);1H,(H3,3,4,5,6)/t16-;13-;;;/m11.../s1. The average molecular weight is 947 g/mol. The van der Waals surface area contributed by atoms with Gasteiger partial charge in [-0.1, -0.05) is 84.4 Å². The monoisotopic (exact) mass is 946 g/mol. The van der Waals surface area contributed by atoms with Crippen LogP contribution in [-0.2, 0) is 0 Å². The van der Waals surface area contributed by atoms with Gasteiger partial charge in [-0.25, -0.2) is 30.0 Å². The molecule has 350 valence electrons. The Morgan fingerprint density at radius 3 is 1.96 bits per heavy atom. The van der Waals surface area contributed by atoms with Gasteiger partial charge in [-0.3, -0.25) is 9.89 Å². The van der Waals surface area contributed by atoms with E-state index in [0.717, 1.165) is 55.2 Å². The molecule has 5 N–H and O–H groups in total. The molecule has 2 fully saturated rings. The molecule has 21 nitrogen and oxygen atoms in total. The van der Waals surface area contributed by atoms with Crippen LogP contribution >= 0.6 is 11.6 Å². The van der Waals surface area contributed by atoms with Crippen LogP contribution in [0.2, 0.25) is 5.15 Å². The summed E-state index contributed by atoms with van der Waals surface area (Å²) < 4.78 is 16.7. The molecule has 2 aliphatic heterocycles. The van der Waals surface area contributed by atoms with Gasteiger partial charge in [0.2, 0.25) is 5.95 Å². The molecule has 0 aliphatic carbocycles. The zero-order chi connectivity index (χ0) is 47.2. The van der Waals surface area contributed by atoms with Crippen LogP contribution in [0.4, 0.5) is 11.8 Å². The molecule has 0 amide bonds. The average Bonchev–Trinajstić information content (AvgIpc) is 4.26. The van der Waals surface area contributed by atoms with Crippen LogP contribution in [0.15, 0.2) is 152 Å². The van der Waals surface area contributed by atoms with Gasteiger partial charge in [0.05, 0.1) is 6.04 Å². The number of ether oxygens (including phenoxy) is 2. The van der Waals surface area contributed by atoms with Crippen LogP contribution in [0.25, 0.3) is 38.9 Å². The lowest BCUT2D eigenvalue weighted by Gasteiger charge is -2.26. The zero-order valence-corrected chi connectivity index (χ0v) is 37.9. The van der Waals surface area contributed by atoms with Crippen molar-refractivity contribution in [3.05, 3.63) is 163 Å². The van der Waals surface area contributed by atoms with Crippen molar-refractivity contribution in [2.45, 2.75) is 37.8 Å². The number of nitrogen functional groups attached to an aromatic ring is 1. The third-order valence-electron chi connectivity index (χ3n) is 11.1. The van der Waals surface area contributed by atoms with Gasteiger partial charge in [0.15, 0.2) is 0 Å². The number of aromatic nitrogens is 15. The molecule has 2 atom stereocenters. The molecular formula is C47H47ClN18O3. The Morgan fingerprint density at radius 2 is 1.30 bits per heavy atom. The summed E-state index contributed by atoms with van der Waals surface area (Å²) in [4.78, 5) is 40.6. The molecule has 13 rings (SSSR count). The van der Waals surface area contributed by atoms with E-state index in [9.17, 15) is 4.79 Å². The van der Waals surface area contributed by atoms with Crippen LogP contribution < -0.4 is 31.0 Å². The Hall–Kier alpha value is -8.56. The van der Waals surface area contributed by atoms with Gasteiger partial charge in [-0.15, -0.1) is 0 Å². The Labute approximate surface area is 398 Å². The fourth-order valence-corrected chi connectivity index (χ4v) is 8.03. The van der Waals surface area contributed by atoms with Gasteiger partial charge in [-0.2, -0.15) is 38.8 Å². The molecule has 11 aromatic rings. The molecule has 0 spiro atoms. The van der Waals surface area contributed by atoms with Gasteiger partial charge in [0.1, 0.15) is 61.0 Å². The fraction of sp³-hybridized carbons (Fsp3) is 0.213. The minimum absolute atomic E-state index is 0.150. The first-order valence-corrected chi connectivity index (χ1v) is 22.5. The van der Waals surface area contributed by atoms with Crippen molar-refractivity contribution in [1.29, 1.82) is 0 Å². The maximum atomic E-state index is 10.9. The number of rotatable bonds is 7. The summed E-state index contributed by atoms with van der Waals surface area (Å²) in [6.07, 6.45) is 15.3. The van der Waals surface area contributed by atoms with E-state index in [4.69, 9.17) is 26.8 Å². The Balaban J connectivity index is 0.000000118. The summed E-state index contributed by atoms with van der Waals surface area (Å²) in [5.41, 5.74) is 4.90. The lowest BCUT2D eigenvalue weighted by molar-refractivity contribution is 0.280. The Bertz CT molecular complexity index is 3400. The lowest BCUT2D eigenvalue weighted by Crippen LogP contribution is -2.35. The van der Waals surface area contributed by atoms with Crippen molar-refractivity contribution < 1.29 is 9.47 Å². The maximum absolute atomic E-state index is 10.9. The minimum atomic E-state index is -0.150. The van der Waals surface area contributed by atoms with E-state index in [-0.39, 0.29) is 5.56 Å². The van der Waals surface area contributed by atoms with Crippen molar-refractivity contribution in [2.24, 2.45) is 0 Å². The highest BCUT2D eigenvalue weighted by molar-refractivity contribution is 6.29. The predicted molar refractivity (Wildman–Crippen MR) is 261 cm³/mol. The lowest BCUT2D eigenvalue weighted by atomic mass is 10.1. The quantitative estimate of drug-likeness (QED) is 0.136. The van der Waals surface area contributed by atoms with Gasteiger partial charge in [0, 0.05) is 48.0 Å². The number of nitrogens with two attached hydrogens (primary N) is 1. The number of H-pyrrole nitrogens is 2. The van der Waals surface area contributed by atoms with E-state index >= 15 is 0 Å². The fourth-order valence-electron chi connectivity index (χ4n) is 7.85. The predicted octanol–water partition coefficient (Wildman–Crippen LogP) is 5.88. The first-order valence-electron chi connectivity index (χ1n) is 22.1. The first kappa shape index (κ1) is 45.6. The van der Waals surface area contributed by atoms with Crippen molar-refractivity contribution in [3.8, 4) is 11.5 Å². The minimum Gasteiger partial charge on any atom is -0.491 e. The third-order valence-corrected chi connectivity index (χ3v) is 11.4. The number of halogens is 1. The van der Waals surface area contributed by atoms with Gasteiger partial charge in [-0.05, 0) is 67.3 Å². The number of fused-ring (bicyclic) bond motifs is 5. The number of anilines is 2. The first-order chi connectivity index (χ1) is 34.0. The van der Waals surface area contributed by atoms with E-state index < -0.39 is 0 Å². The molecule has 7 aromatic heterocycles. The Morgan fingerprint density at radius 1 is 0.652 bits per heavy atom. The molecule has 0 unspecified atom stereocenters. The number of nitrogens with one attached hydrogen (secondary N) is 3. The van der Waals surface area contributed by atoms with Gasteiger partial charge >= 0.3 is 0 Å². The molecule has 2 saturated heterocycles. The maximum Gasteiger partial charge on any atom is 0.273 e. The normalized spacial score (nSPS) is 15.1. The molecule has 4 aromatic carbocycles. The van der Waals surface area contributed by atoms with Gasteiger partial charge < -0.3 is 25.4 Å². The number of aromatic amines is 2. The smallest absolute Gasteiger partial charge is 0.273 e. The Kier molecular flexibility index (Phi) is 14.7. The van der Waals surface area contributed by atoms with Crippen LogP contribution in [0.3, 0.4) is 0 Å². The summed E-state index contributed by atoms with van der Waals surface area (Å²) in [5.74, 6) is 4.86. The molecule has 9 heterocycles. The highest BCUT2D eigenvalue weighted by Gasteiger charge is 2.28. The van der Waals surface area contributed by atoms with Crippen molar-refractivity contribution in [2.75, 3.05) is 36.9 Å². The van der Waals surface area contributed by atoms with E-state index in [1.807, 2.05) is 18.2 Å². The van der Waals surface area contributed by atoms with E-state index in [1.165, 1.54) is 69.3 Å². The van der Waals surface area contributed by atoms with Crippen molar-refractivity contribution >= 4 is 62.2 Å². The SMILES string of the molecule is Clc1ccnc2ncnn12.Nc1ncn[nH]1.O=c1ccnc2nc[nH]n12.c1ccc2c(OC[C@H]3CCCN3)cccc2c1.c1ccc2c(OC[C@H]3CCCN3c3ccnc4ncnn34)cccc2c1. The number of hydrogen-bond donors (Lipinski definition) is 4. The second kappa shape index (κ2) is 22.3. The topological polar surface area (TPSA) is 251 Å². The molecule has 0 saturated carbocycles. The summed E-state index contributed by atoms with van der Waals surface area (Å²) >= 11 is 5.72. The summed E-state index contributed by atoms with van der Waals surface area (Å²) in [5, 5.41) is 25.4. The molecule has 2 aliphatic rings. The third kappa shape index (κ3) is 11.4. The molecule has 0 radical (unpaired) electrons. The number of nitrogens with zero attached hydrogens (tertiary/aromatic N) is 14. The number of benzene rings is 4. The zero-order valence-electron chi connectivity index (χ0n) is 37.1. The van der Waals surface area contributed by atoms with E-state index in [2.05, 4.69) is 143 Å². The molecule has 22 heteroatoms. The van der Waals surface area contributed by atoms with Crippen molar-refractivity contribution in [3.63, 3.8) is 0 Å². The summed E-state index contributed by atoms with van der Waals surface area (Å²) in [6.45, 7) is 3.53. The highest BCUT2D eigenvalue weighted by Crippen LogP contribution is 2.29. The summed E-state index contributed by atoms with van der Waals surface area (Å²) in [7, 11) is 0. The number of hydrogen-bond acceptors (Lipinski definition) is 16. The van der Waals surface area contributed by atoms with Crippen LogP contribution in [-0.4, -0.2) is 112 Å². The largest absolute Gasteiger partial charge is 0.491 e. The van der Waals surface area contributed by atoms with Crippen LogP contribution in [0.5, 0.6) is 11.5 Å². The molecule has 0 bridgehead atoms. The second-order valence-electron chi connectivity index (χ2n) is 15.6. The summed E-state index contributed by atoms with van der Waals surface area (Å²) in [6, 6.07) is 35.0. The van der Waals surface area contributed by atoms with Gasteiger partial charge in [0.25, 0.3) is 22.9 Å². The van der Waals surface area contributed by atoms with E-state index in [0.29, 0.717) is 47.1 Å². The van der Waals surface area contributed by atoms with E-state index in [1.54, 1.807) is 29.3 Å². The molecular weight excluding hydrogens is 900 g/mol. The van der Waals surface area contributed by atoms with Crippen LogP contribution in [0.1, 0.15) is 25.7 Å². The second-order valence-corrected chi connectivity index (χ2v) is 15.9. The van der Waals surface area contributed by atoms with Crippen LogP contribution in [0, 0.1) is 0 Å².